The third-order valence-electron chi connectivity index (χ3n) is 3.06. The molecule has 0 aromatic heterocycles. The van der Waals surface area contributed by atoms with Crippen molar-refractivity contribution in [2.75, 3.05) is 19.0 Å². The van der Waals surface area contributed by atoms with Crippen LogP contribution in [0.2, 0.25) is 5.02 Å². The van der Waals surface area contributed by atoms with Crippen LogP contribution in [-0.2, 0) is 6.54 Å². The maximum absolute atomic E-state index is 6.07. The summed E-state index contributed by atoms with van der Waals surface area (Å²) in [7, 11) is 1.66. The van der Waals surface area contributed by atoms with Gasteiger partial charge in [0.25, 0.3) is 0 Å². The maximum atomic E-state index is 6.07. The quantitative estimate of drug-likeness (QED) is 0.800. The Bertz CT molecular complexity index is 570. The Kier molecular flexibility index (Phi) is 5.76. The first kappa shape index (κ1) is 15.5. The molecule has 112 valence electrons. The molecule has 4 heteroatoms. The average molecular weight is 306 g/mol. The van der Waals surface area contributed by atoms with Gasteiger partial charge in [-0.1, -0.05) is 18.5 Å². The third kappa shape index (κ3) is 4.57. The number of benzene rings is 2. The minimum Gasteiger partial charge on any atom is -0.497 e. The Morgan fingerprint density at radius 3 is 2.52 bits per heavy atom. The summed E-state index contributed by atoms with van der Waals surface area (Å²) in [6, 6.07) is 13.5. The second-order valence-electron chi connectivity index (χ2n) is 4.68. The summed E-state index contributed by atoms with van der Waals surface area (Å²) in [5.41, 5.74) is 2.07. The van der Waals surface area contributed by atoms with E-state index in [1.807, 2.05) is 42.5 Å². The van der Waals surface area contributed by atoms with Crippen LogP contribution in [0.1, 0.15) is 18.9 Å². The molecule has 2 aromatic rings. The second kappa shape index (κ2) is 7.79. The number of hydrogen-bond acceptors (Lipinski definition) is 3. The number of methoxy groups -OCH3 is 1. The van der Waals surface area contributed by atoms with Crippen LogP contribution >= 0.6 is 11.6 Å². The molecular weight excluding hydrogens is 286 g/mol. The Balaban J connectivity index is 2.05. The third-order valence-corrected chi connectivity index (χ3v) is 3.29. The topological polar surface area (TPSA) is 30.5 Å². The molecule has 0 amide bonds. The smallest absolute Gasteiger partial charge is 0.124 e. The van der Waals surface area contributed by atoms with Gasteiger partial charge in [0.15, 0.2) is 0 Å². The minimum atomic E-state index is 0.659. The molecule has 0 bridgehead atoms. The SMILES string of the molecule is CCCOc1ccc(Cl)cc1CNc1ccc(OC)cc1. The second-order valence-corrected chi connectivity index (χ2v) is 5.12. The summed E-state index contributed by atoms with van der Waals surface area (Å²) in [4.78, 5) is 0. The zero-order valence-electron chi connectivity index (χ0n) is 12.4. The fourth-order valence-corrected chi connectivity index (χ4v) is 2.14. The van der Waals surface area contributed by atoms with E-state index in [4.69, 9.17) is 21.1 Å². The van der Waals surface area contributed by atoms with Gasteiger partial charge in [0.2, 0.25) is 0 Å². The molecule has 0 aliphatic rings. The Morgan fingerprint density at radius 2 is 1.86 bits per heavy atom. The van der Waals surface area contributed by atoms with Crippen molar-refractivity contribution in [1.82, 2.24) is 0 Å². The molecule has 0 radical (unpaired) electrons. The number of rotatable bonds is 7. The summed E-state index contributed by atoms with van der Waals surface area (Å²) >= 11 is 6.07. The highest BCUT2D eigenvalue weighted by Crippen LogP contribution is 2.24. The van der Waals surface area contributed by atoms with Gasteiger partial charge in [0.05, 0.1) is 13.7 Å². The lowest BCUT2D eigenvalue weighted by Crippen LogP contribution is -2.04. The predicted molar refractivity (Wildman–Crippen MR) is 87.6 cm³/mol. The fraction of sp³-hybridized carbons (Fsp3) is 0.294. The van der Waals surface area contributed by atoms with Gasteiger partial charge in [-0.25, -0.2) is 0 Å². The van der Waals surface area contributed by atoms with Crippen molar-refractivity contribution >= 4 is 17.3 Å². The lowest BCUT2D eigenvalue weighted by molar-refractivity contribution is 0.314. The van der Waals surface area contributed by atoms with Gasteiger partial charge >= 0.3 is 0 Å². The number of halogens is 1. The number of anilines is 1. The zero-order valence-corrected chi connectivity index (χ0v) is 13.1. The molecule has 0 saturated carbocycles. The Hall–Kier alpha value is -1.87. The van der Waals surface area contributed by atoms with Gasteiger partial charge in [-0.2, -0.15) is 0 Å². The van der Waals surface area contributed by atoms with Crippen molar-refractivity contribution in [2.24, 2.45) is 0 Å². The maximum Gasteiger partial charge on any atom is 0.124 e. The van der Waals surface area contributed by atoms with Crippen LogP contribution in [0.15, 0.2) is 42.5 Å². The molecule has 0 heterocycles. The largest absolute Gasteiger partial charge is 0.497 e. The van der Waals surface area contributed by atoms with Crippen LogP contribution < -0.4 is 14.8 Å². The zero-order chi connectivity index (χ0) is 15.1. The summed E-state index contributed by atoms with van der Waals surface area (Å²) in [5.74, 6) is 1.72. The molecule has 0 atom stereocenters. The fourth-order valence-electron chi connectivity index (χ4n) is 1.95. The minimum absolute atomic E-state index is 0.659. The summed E-state index contributed by atoms with van der Waals surface area (Å²) in [6.45, 7) is 3.45. The highest BCUT2D eigenvalue weighted by atomic mass is 35.5. The van der Waals surface area contributed by atoms with E-state index < -0.39 is 0 Å². The van der Waals surface area contributed by atoms with Crippen LogP contribution in [0.25, 0.3) is 0 Å². The number of ether oxygens (including phenoxy) is 2. The first-order valence-electron chi connectivity index (χ1n) is 7.02. The molecule has 0 unspecified atom stereocenters. The Morgan fingerprint density at radius 1 is 1.10 bits per heavy atom. The van der Waals surface area contributed by atoms with E-state index in [1.165, 1.54) is 0 Å². The summed E-state index contributed by atoms with van der Waals surface area (Å²) in [6.07, 6.45) is 0.980. The molecule has 0 fully saturated rings. The van der Waals surface area contributed by atoms with Crippen LogP contribution in [0.4, 0.5) is 5.69 Å². The van der Waals surface area contributed by atoms with Gasteiger partial charge in [-0.15, -0.1) is 0 Å². The standard InChI is InChI=1S/C17H20ClNO2/c1-3-10-21-17-9-4-14(18)11-13(17)12-19-15-5-7-16(20-2)8-6-15/h4-9,11,19H,3,10,12H2,1-2H3. The molecule has 3 nitrogen and oxygen atoms in total. The van der Waals surface area contributed by atoms with Crippen molar-refractivity contribution in [3.8, 4) is 11.5 Å². The highest BCUT2D eigenvalue weighted by molar-refractivity contribution is 6.30. The van der Waals surface area contributed by atoms with Crippen LogP contribution in [0.5, 0.6) is 11.5 Å². The first-order chi connectivity index (χ1) is 10.2. The summed E-state index contributed by atoms with van der Waals surface area (Å²) < 4.78 is 10.9. The van der Waals surface area contributed by atoms with Gasteiger partial charge in [0.1, 0.15) is 11.5 Å². The van der Waals surface area contributed by atoms with Crippen molar-refractivity contribution < 1.29 is 9.47 Å². The summed E-state index contributed by atoms with van der Waals surface area (Å²) in [5, 5.41) is 4.08. The van der Waals surface area contributed by atoms with Crippen LogP contribution in [0, 0.1) is 0 Å². The molecular formula is C17H20ClNO2. The molecule has 21 heavy (non-hydrogen) atoms. The van der Waals surface area contributed by atoms with E-state index in [0.29, 0.717) is 18.2 Å². The van der Waals surface area contributed by atoms with E-state index in [1.54, 1.807) is 7.11 Å². The molecule has 0 aliphatic carbocycles. The number of nitrogens with one attached hydrogen (secondary N) is 1. The van der Waals surface area contributed by atoms with Gasteiger partial charge in [-0.3, -0.25) is 0 Å². The van der Waals surface area contributed by atoms with Crippen molar-refractivity contribution in [1.29, 1.82) is 0 Å². The average Bonchev–Trinajstić information content (AvgIpc) is 2.52. The molecule has 2 aromatic carbocycles. The van der Waals surface area contributed by atoms with Crippen molar-refractivity contribution in [3.05, 3.63) is 53.1 Å². The molecule has 1 N–H and O–H groups in total. The van der Waals surface area contributed by atoms with Gasteiger partial charge in [-0.05, 0) is 48.9 Å². The lowest BCUT2D eigenvalue weighted by atomic mass is 10.2. The van der Waals surface area contributed by atoms with Gasteiger partial charge in [0, 0.05) is 22.8 Å². The molecule has 0 saturated heterocycles. The van der Waals surface area contributed by atoms with E-state index in [0.717, 1.165) is 29.2 Å². The molecule has 0 spiro atoms. The van der Waals surface area contributed by atoms with E-state index in [-0.39, 0.29) is 0 Å². The number of hydrogen-bond donors (Lipinski definition) is 1. The van der Waals surface area contributed by atoms with Crippen molar-refractivity contribution in [2.45, 2.75) is 19.9 Å². The molecule has 0 aliphatic heterocycles. The Labute approximate surface area is 130 Å². The first-order valence-corrected chi connectivity index (χ1v) is 7.40. The monoisotopic (exact) mass is 305 g/mol. The highest BCUT2D eigenvalue weighted by Gasteiger charge is 2.05. The van der Waals surface area contributed by atoms with Crippen LogP contribution in [0.3, 0.4) is 0 Å². The molecule has 2 rings (SSSR count). The van der Waals surface area contributed by atoms with E-state index in [2.05, 4.69) is 12.2 Å². The van der Waals surface area contributed by atoms with E-state index >= 15 is 0 Å². The van der Waals surface area contributed by atoms with Crippen molar-refractivity contribution in [3.63, 3.8) is 0 Å². The lowest BCUT2D eigenvalue weighted by Gasteiger charge is -2.13. The normalized spacial score (nSPS) is 10.2. The van der Waals surface area contributed by atoms with Crippen LogP contribution in [-0.4, -0.2) is 13.7 Å². The predicted octanol–water partition coefficient (Wildman–Crippen LogP) is 4.75. The van der Waals surface area contributed by atoms with Gasteiger partial charge < -0.3 is 14.8 Å². The van der Waals surface area contributed by atoms with E-state index in [9.17, 15) is 0 Å².